The third kappa shape index (κ3) is 4.05. The standard InChI is InChI=1S/C22H25N3O3S/c1-28-19-9-7-17(8-10-19)20(26)25-15-16-29-22(25)11-13-24(14-12-22)21(27)23-18-5-3-2-4-6-18/h2-10H,11-16H2,1H3,(H,23,27). The molecule has 2 aromatic rings. The molecule has 1 N–H and O–H groups in total. The molecule has 2 aliphatic rings. The Balaban J connectivity index is 1.41. The molecule has 2 aromatic carbocycles. The summed E-state index contributed by atoms with van der Waals surface area (Å²) in [5.41, 5.74) is 1.47. The summed E-state index contributed by atoms with van der Waals surface area (Å²) in [5, 5.41) is 2.95. The van der Waals surface area contributed by atoms with Crippen LogP contribution in [0.3, 0.4) is 0 Å². The van der Waals surface area contributed by atoms with Crippen molar-refractivity contribution < 1.29 is 14.3 Å². The van der Waals surface area contributed by atoms with E-state index in [1.165, 1.54) is 0 Å². The molecule has 2 fully saturated rings. The Morgan fingerprint density at radius 2 is 1.69 bits per heavy atom. The Kier molecular flexibility index (Phi) is 5.67. The van der Waals surface area contributed by atoms with Crippen LogP contribution in [-0.4, -0.2) is 59.1 Å². The van der Waals surface area contributed by atoms with E-state index < -0.39 is 0 Å². The Hall–Kier alpha value is -2.67. The fraction of sp³-hybridized carbons (Fsp3) is 0.364. The fourth-order valence-corrected chi connectivity index (χ4v) is 5.44. The van der Waals surface area contributed by atoms with E-state index in [4.69, 9.17) is 4.74 Å². The molecule has 0 aliphatic carbocycles. The normalized spacial score (nSPS) is 18.0. The van der Waals surface area contributed by atoms with E-state index in [9.17, 15) is 9.59 Å². The van der Waals surface area contributed by atoms with Crippen molar-refractivity contribution in [2.24, 2.45) is 0 Å². The second-order valence-corrected chi connectivity index (χ2v) is 8.72. The molecule has 152 valence electrons. The number of benzene rings is 2. The number of ether oxygens (including phenoxy) is 1. The molecule has 2 saturated heterocycles. The molecule has 0 bridgehead atoms. The first-order chi connectivity index (χ1) is 14.1. The number of thioether (sulfide) groups is 1. The van der Waals surface area contributed by atoms with Gasteiger partial charge in [0.05, 0.1) is 12.0 Å². The van der Waals surface area contributed by atoms with E-state index in [1.807, 2.05) is 76.2 Å². The van der Waals surface area contributed by atoms with Crippen molar-refractivity contribution in [2.75, 3.05) is 37.8 Å². The molecule has 0 unspecified atom stereocenters. The molecule has 2 aliphatic heterocycles. The Morgan fingerprint density at radius 3 is 2.34 bits per heavy atom. The van der Waals surface area contributed by atoms with Gasteiger partial charge in [0.1, 0.15) is 5.75 Å². The number of amides is 3. The number of piperidine rings is 1. The van der Waals surface area contributed by atoms with Gasteiger partial charge in [0.2, 0.25) is 0 Å². The van der Waals surface area contributed by atoms with Crippen molar-refractivity contribution in [1.82, 2.24) is 9.80 Å². The van der Waals surface area contributed by atoms with Crippen LogP contribution in [0.5, 0.6) is 5.75 Å². The highest BCUT2D eigenvalue weighted by Gasteiger charge is 2.47. The summed E-state index contributed by atoms with van der Waals surface area (Å²) in [6.07, 6.45) is 1.56. The minimum atomic E-state index is -0.222. The number of para-hydroxylation sites is 1. The molecule has 3 amide bonds. The maximum atomic E-state index is 13.2. The average Bonchev–Trinajstić information content (AvgIpc) is 3.17. The highest BCUT2D eigenvalue weighted by atomic mass is 32.2. The van der Waals surface area contributed by atoms with E-state index in [2.05, 4.69) is 5.32 Å². The summed E-state index contributed by atoms with van der Waals surface area (Å²) in [6.45, 7) is 2.02. The minimum Gasteiger partial charge on any atom is -0.497 e. The van der Waals surface area contributed by atoms with Crippen LogP contribution < -0.4 is 10.1 Å². The van der Waals surface area contributed by atoms with E-state index in [-0.39, 0.29) is 16.8 Å². The second kappa shape index (κ2) is 8.37. The number of methoxy groups -OCH3 is 1. The molecule has 6 nitrogen and oxygen atoms in total. The zero-order chi connectivity index (χ0) is 20.3. The van der Waals surface area contributed by atoms with Gasteiger partial charge in [0, 0.05) is 36.6 Å². The molecule has 0 radical (unpaired) electrons. The lowest BCUT2D eigenvalue weighted by Crippen LogP contribution is -2.54. The van der Waals surface area contributed by atoms with E-state index in [0.717, 1.165) is 36.6 Å². The van der Waals surface area contributed by atoms with Crippen LogP contribution in [-0.2, 0) is 0 Å². The summed E-state index contributed by atoms with van der Waals surface area (Å²) in [7, 11) is 1.62. The highest BCUT2D eigenvalue weighted by Crippen LogP contribution is 2.44. The molecule has 29 heavy (non-hydrogen) atoms. The van der Waals surface area contributed by atoms with Gasteiger partial charge in [-0.05, 0) is 49.2 Å². The van der Waals surface area contributed by atoms with Crippen LogP contribution in [0.15, 0.2) is 54.6 Å². The van der Waals surface area contributed by atoms with Crippen molar-refractivity contribution in [3.8, 4) is 5.75 Å². The number of hydrogen-bond donors (Lipinski definition) is 1. The summed E-state index contributed by atoms with van der Waals surface area (Å²) in [6, 6.07) is 16.7. The maximum absolute atomic E-state index is 13.2. The van der Waals surface area contributed by atoms with E-state index >= 15 is 0 Å². The first-order valence-electron chi connectivity index (χ1n) is 9.82. The topological polar surface area (TPSA) is 61.9 Å². The van der Waals surface area contributed by atoms with Gasteiger partial charge in [-0.2, -0.15) is 0 Å². The van der Waals surface area contributed by atoms with Crippen LogP contribution in [0.2, 0.25) is 0 Å². The molecule has 0 atom stereocenters. The number of rotatable bonds is 3. The van der Waals surface area contributed by atoms with Crippen molar-refractivity contribution >= 4 is 29.4 Å². The number of carbonyl (C=O) groups is 2. The number of urea groups is 1. The summed E-state index contributed by atoms with van der Waals surface area (Å²) in [5.74, 6) is 1.72. The fourth-order valence-electron chi connectivity index (χ4n) is 3.98. The van der Waals surface area contributed by atoms with Gasteiger partial charge >= 0.3 is 6.03 Å². The number of nitrogens with zero attached hydrogens (tertiary/aromatic N) is 2. The SMILES string of the molecule is COc1ccc(C(=O)N2CCSC23CCN(C(=O)Nc2ccccc2)CC3)cc1. The molecule has 1 spiro atoms. The Bertz CT molecular complexity index is 865. The molecule has 0 aromatic heterocycles. The van der Waals surface area contributed by atoms with Gasteiger partial charge in [-0.15, -0.1) is 11.8 Å². The predicted octanol–water partition coefficient (Wildman–Crippen LogP) is 3.91. The highest BCUT2D eigenvalue weighted by molar-refractivity contribution is 8.00. The van der Waals surface area contributed by atoms with Gasteiger partial charge in [0.25, 0.3) is 5.91 Å². The first kappa shape index (κ1) is 19.6. The average molecular weight is 412 g/mol. The zero-order valence-electron chi connectivity index (χ0n) is 16.5. The van der Waals surface area contributed by atoms with Crippen LogP contribution >= 0.6 is 11.8 Å². The monoisotopic (exact) mass is 411 g/mol. The lowest BCUT2D eigenvalue weighted by molar-refractivity contribution is 0.0585. The van der Waals surface area contributed by atoms with Crippen LogP contribution in [0.1, 0.15) is 23.2 Å². The van der Waals surface area contributed by atoms with Crippen molar-refractivity contribution in [3.05, 3.63) is 60.2 Å². The number of hydrogen-bond acceptors (Lipinski definition) is 4. The number of carbonyl (C=O) groups excluding carboxylic acids is 2. The number of likely N-dealkylation sites (tertiary alicyclic amines) is 1. The minimum absolute atomic E-state index is 0.0554. The molecule has 0 saturated carbocycles. The van der Waals surface area contributed by atoms with E-state index in [1.54, 1.807) is 7.11 Å². The van der Waals surface area contributed by atoms with Gasteiger partial charge in [-0.3, -0.25) is 4.79 Å². The van der Waals surface area contributed by atoms with Crippen molar-refractivity contribution in [1.29, 1.82) is 0 Å². The quantitative estimate of drug-likeness (QED) is 0.832. The van der Waals surface area contributed by atoms with Gasteiger partial charge < -0.3 is 19.9 Å². The summed E-state index contributed by atoms with van der Waals surface area (Å²) in [4.78, 5) is 29.4. The smallest absolute Gasteiger partial charge is 0.321 e. The summed E-state index contributed by atoms with van der Waals surface area (Å²) >= 11 is 1.84. The van der Waals surface area contributed by atoms with Gasteiger partial charge in [-0.25, -0.2) is 4.79 Å². The van der Waals surface area contributed by atoms with Crippen molar-refractivity contribution in [3.63, 3.8) is 0 Å². The van der Waals surface area contributed by atoms with Crippen LogP contribution in [0.25, 0.3) is 0 Å². The number of nitrogens with one attached hydrogen (secondary N) is 1. The molecular weight excluding hydrogens is 386 g/mol. The van der Waals surface area contributed by atoms with Crippen molar-refractivity contribution in [2.45, 2.75) is 17.7 Å². The first-order valence-corrected chi connectivity index (χ1v) is 10.8. The van der Waals surface area contributed by atoms with Gasteiger partial charge in [0.15, 0.2) is 0 Å². The molecule has 2 heterocycles. The predicted molar refractivity (Wildman–Crippen MR) is 115 cm³/mol. The Labute approximate surface area is 175 Å². The number of anilines is 1. The third-order valence-electron chi connectivity index (χ3n) is 5.62. The molecule has 4 rings (SSSR count). The largest absolute Gasteiger partial charge is 0.497 e. The second-order valence-electron chi connectivity index (χ2n) is 7.26. The van der Waals surface area contributed by atoms with Crippen LogP contribution in [0, 0.1) is 0 Å². The zero-order valence-corrected chi connectivity index (χ0v) is 17.3. The lowest BCUT2D eigenvalue weighted by Gasteiger charge is -2.44. The Morgan fingerprint density at radius 1 is 1.00 bits per heavy atom. The van der Waals surface area contributed by atoms with Gasteiger partial charge in [-0.1, -0.05) is 18.2 Å². The maximum Gasteiger partial charge on any atom is 0.321 e. The summed E-state index contributed by atoms with van der Waals surface area (Å²) < 4.78 is 5.19. The van der Waals surface area contributed by atoms with Crippen LogP contribution in [0.4, 0.5) is 10.5 Å². The lowest BCUT2D eigenvalue weighted by atomic mass is 10.0. The van der Waals surface area contributed by atoms with E-state index in [0.29, 0.717) is 18.7 Å². The molecular formula is C22H25N3O3S. The molecule has 7 heteroatoms. The third-order valence-corrected chi connectivity index (χ3v) is 7.17.